The molecule has 3 nitrogen and oxygen atoms in total. The monoisotopic (exact) mass is 244 g/mol. The van der Waals surface area contributed by atoms with Gasteiger partial charge in [0.25, 0.3) is 11.5 Å². The van der Waals surface area contributed by atoms with Crippen molar-refractivity contribution in [3.8, 4) is 0 Å². The first-order valence-corrected chi connectivity index (χ1v) is 5.56. The van der Waals surface area contributed by atoms with Gasteiger partial charge in [-0.15, -0.1) is 0 Å². The number of alkyl halides is 2. The lowest BCUT2D eigenvalue weighted by Gasteiger charge is -2.17. The van der Waals surface area contributed by atoms with Crippen LogP contribution in [0.25, 0.3) is 0 Å². The van der Waals surface area contributed by atoms with Crippen LogP contribution in [-0.2, 0) is 0 Å². The number of halogens is 2. The van der Waals surface area contributed by atoms with E-state index in [0.29, 0.717) is 5.56 Å². The van der Waals surface area contributed by atoms with Crippen LogP contribution in [0.15, 0.2) is 17.1 Å². The third-order valence-corrected chi connectivity index (χ3v) is 2.46. The first-order valence-electron chi connectivity index (χ1n) is 5.56. The molecule has 0 aliphatic heterocycles. The van der Waals surface area contributed by atoms with Gasteiger partial charge in [-0.2, -0.15) is 0 Å². The Morgan fingerprint density at radius 3 is 2.53 bits per heavy atom. The molecule has 0 bridgehead atoms. The Bertz CT molecular complexity index is 447. The summed E-state index contributed by atoms with van der Waals surface area (Å²) in [5, 5.41) is 2.53. The van der Waals surface area contributed by atoms with Crippen LogP contribution in [0.5, 0.6) is 0 Å². The fourth-order valence-corrected chi connectivity index (χ4v) is 1.51. The Morgan fingerprint density at radius 2 is 2.06 bits per heavy atom. The Hall–Kier alpha value is -1.39. The highest BCUT2D eigenvalue weighted by Crippen LogP contribution is 2.15. The summed E-state index contributed by atoms with van der Waals surface area (Å²) in [5.41, 5.74) is 0.670. The number of anilines is 1. The van der Waals surface area contributed by atoms with Gasteiger partial charge in [-0.1, -0.05) is 0 Å². The summed E-state index contributed by atoms with van der Waals surface area (Å²) in [6, 6.07) is 1.75. The smallest absolute Gasteiger partial charge is 0.274 e. The summed E-state index contributed by atoms with van der Waals surface area (Å²) in [7, 11) is 0. The van der Waals surface area contributed by atoms with Gasteiger partial charge in [-0.25, -0.2) is 8.78 Å². The Labute approximate surface area is 99.5 Å². The van der Waals surface area contributed by atoms with Gasteiger partial charge in [0.15, 0.2) is 0 Å². The molecule has 0 aliphatic carbocycles. The van der Waals surface area contributed by atoms with E-state index in [-0.39, 0.29) is 17.3 Å². The predicted molar refractivity (Wildman–Crippen MR) is 64.9 cm³/mol. The minimum absolute atomic E-state index is 0.00536. The Balaban J connectivity index is 3.07. The second-order valence-corrected chi connectivity index (χ2v) is 4.60. The molecule has 5 heteroatoms. The molecule has 17 heavy (non-hydrogen) atoms. The summed E-state index contributed by atoms with van der Waals surface area (Å²) >= 11 is 0. The zero-order chi connectivity index (χ0) is 13.2. The van der Waals surface area contributed by atoms with E-state index in [0.717, 1.165) is 6.92 Å². The third kappa shape index (κ3) is 3.54. The van der Waals surface area contributed by atoms with Gasteiger partial charge in [-0.05, 0) is 32.4 Å². The quantitative estimate of drug-likeness (QED) is 0.883. The molecule has 0 fully saturated rings. The van der Waals surface area contributed by atoms with Crippen LogP contribution >= 0.6 is 0 Å². The van der Waals surface area contributed by atoms with Crippen molar-refractivity contribution < 1.29 is 8.78 Å². The Morgan fingerprint density at radius 1 is 1.47 bits per heavy atom. The topological polar surface area (TPSA) is 34.0 Å². The maximum absolute atomic E-state index is 12.8. The van der Waals surface area contributed by atoms with E-state index < -0.39 is 12.5 Å². The second-order valence-electron chi connectivity index (χ2n) is 4.60. The highest BCUT2D eigenvalue weighted by atomic mass is 19.3. The molecule has 0 saturated carbocycles. The van der Waals surface area contributed by atoms with E-state index in [9.17, 15) is 13.6 Å². The fraction of sp³-hybridized carbons (Fsp3) is 0.583. The van der Waals surface area contributed by atoms with E-state index in [1.54, 1.807) is 19.2 Å². The lowest BCUT2D eigenvalue weighted by molar-refractivity contribution is 0.0367. The Kier molecular flexibility index (Phi) is 3.91. The van der Waals surface area contributed by atoms with Crippen LogP contribution < -0.4 is 10.9 Å². The fourth-order valence-electron chi connectivity index (χ4n) is 1.51. The SMILES string of the molecule is Cc1ccn(C(C)C)c(=O)c1NCC(C)(F)F. The lowest BCUT2D eigenvalue weighted by atomic mass is 10.2. The van der Waals surface area contributed by atoms with Crippen LogP contribution in [-0.4, -0.2) is 17.0 Å². The summed E-state index contributed by atoms with van der Waals surface area (Å²) in [5.74, 6) is -2.84. The number of hydrogen-bond acceptors (Lipinski definition) is 2. The summed E-state index contributed by atoms with van der Waals surface area (Å²) in [4.78, 5) is 12.0. The minimum atomic E-state index is -2.84. The first kappa shape index (κ1) is 13.7. The van der Waals surface area contributed by atoms with Gasteiger partial charge >= 0.3 is 0 Å². The molecule has 0 aromatic carbocycles. The normalized spacial score (nSPS) is 11.9. The molecule has 0 saturated heterocycles. The summed E-state index contributed by atoms with van der Waals surface area (Å²) in [6.07, 6.45) is 1.68. The van der Waals surface area contributed by atoms with Gasteiger partial charge in [0.2, 0.25) is 0 Å². The van der Waals surface area contributed by atoms with Crippen LogP contribution in [0.2, 0.25) is 0 Å². The summed E-state index contributed by atoms with van der Waals surface area (Å²) < 4.78 is 27.0. The molecule has 1 N–H and O–H groups in total. The van der Waals surface area contributed by atoms with Crippen molar-refractivity contribution in [1.82, 2.24) is 4.57 Å². The molecule has 0 aliphatic rings. The zero-order valence-electron chi connectivity index (χ0n) is 10.6. The van der Waals surface area contributed by atoms with Crippen molar-refractivity contribution in [2.75, 3.05) is 11.9 Å². The van der Waals surface area contributed by atoms with Crippen molar-refractivity contribution in [1.29, 1.82) is 0 Å². The van der Waals surface area contributed by atoms with Crippen molar-refractivity contribution in [2.24, 2.45) is 0 Å². The molecule has 1 aromatic heterocycles. The average molecular weight is 244 g/mol. The maximum Gasteiger partial charge on any atom is 0.274 e. The minimum Gasteiger partial charge on any atom is -0.374 e. The molecule has 96 valence electrons. The van der Waals surface area contributed by atoms with Gasteiger partial charge in [0.1, 0.15) is 5.69 Å². The standard InChI is InChI=1S/C12H18F2N2O/c1-8(2)16-6-5-9(3)10(11(16)17)15-7-12(4,13)14/h5-6,8,15H,7H2,1-4H3. The predicted octanol–water partition coefficient (Wildman–Crippen LogP) is 2.80. The van der Waals surface area contributed by atoms with Crippen LogP contribution in [0.3, 0.4) is 0 Å². The van der Waals surface area contributed by atoms with E-state index >= 15 is 0 Å². The van der Waals surface area contributed by atoms with E-state index in [1.807, 2.05) is 13.8 Å². The summed E-state index contributed by atoms with van der Waals surface area (Å²) in [6.45, 7) is 5.75. The van der Waals surface area contributed by atoms with Gasteiger partial charge < -0.3 is 9.88 Å². The highest BCUT2D eigenvalue weighted by molar-refractivity contribution is 5.48. The molecule has 0 atom stereocenters. The van der Waals surface area contributed by atoms with Crippen LogP contribution in [0.4, 0.5) is 14.5 Å². The molecule has 0 spiro atoms. The molecular weight excluding hydrogens is 226 g/mol. The van der Waals surface area contributed by atoms with Crippen molar-refractivity contribution in [3.63, 3.8) is 0 Å². The van der Waals surface area contributed by atoms with E-state index in [4.69, 9.17) is 0 Å². The van der Waals surface area contributed by atoms with Crippen molar-refractivity contribution >= 4 is 5.69 Å². The number of aryl methyl sites for hydroxylation is 1. The number of aromatic nitrogens is 1. The molecule has 0 radical (unpaired) electrons. The van der Waals surface area contributed by atoms with E-state index in [2.05, 4.69) is 5.32 Å². The van der Waals surface area contributed by atoms with Crippen LogP contribution in [0.1, 0.15) is 32.4 Å². The first-order chi connectivity index (χ1) is 7.72. The number of nitrogens with one attached hydrogen (secondary N) is 1. The van der Waals surface area contributed by atoms with E-state index in [1.165, 1.54) is 4.57 Å². The van der Waals surface area contributed by atoms with Gasteiger partial charge in [0.05, 0.1) is 6.54 Å². The largest absolute Gasteiger partial charge is 0.374 e. The molecule has 0 amide bonds. The number of nitrogens with zero attached hydrogens (tertiary/aromatic N) is 1. The van der Waals surface area contributed by atoms with Gasteiger partial charge in [0, 0.05) is 19.2 Å². The third-order valence-electron chi connectivity index (χ3n) is 2.46. The maximum atomic E-state index is 12.8. The molecule has 1 heterocycles. The number of rotatable bonds is 4. The molecule has 1 rings (SSSR count). The average Bonchev–Trinajstić information content (AvgIpc) is 2.14. The zero-order valence-corrected chi connectivity index (χ0v) is 10.6. The molecule has 0 unspecified atom stereocenters. The van der Waals surface area contributed by atoms with Gasteiger partial charge in [-0.3, -0.25) is 4.79 Å². The van der Waals surface area contributed by atoms with Crippen molar-refractivity contribution in [2.45, 2.75) is 39.7 Å². The number of pyridine rings is 1. The number of hydrogen-bond donors (Lipinski definition) is 1. The van der Waals surface area contributed by atoms with Crippen molar-refractivity contribution in [3.05, 3.63) is 28.2 Å². The highest BCUT2D eigenvalue weighted by Gasteiger charge is 2.21. The molecular formula is C12H18F2N2O. The molecule has 1 aromatic rings. The lowest BCUT2D eigenvalue weighted by Crippen LogP contribution is -2.30. The second kappa shape index (κ2) is 4.85. The van der Waals surface area contributed by atoms with Crippen LogP contribution in [0, 0.1) is 6.92 Å².